The highest BCUT2D eigenvalue weighted by molar-refractivity contribution is 5.85. The molecule has 0 bridgehead atoms. The van der Waals surface area contributed by atoms with E-state index < -0.39 is 0 Å². The Labute approximate surface area is 170 Å². The Morgan fingerprint density at radius 2 is 2.04 bits per heavy atom. The second-order valence-corrected chi connectivity index (χ2v) is 7.32. The lowest BCUT2D eigenvalue weighted by atomic mass is 9.58. The summed E-state index contributed by atoms with van der Waals surface area (Å²) < 4.78 is 22.0. The minimum Gasteiger partial charge on any atom is -0.484 e. The van der Waals surface area contributed by atoms with Gasteiger partial charge < -0.3 is 34.7 Å². The van der Waals surface area contributed by atoms with Gasteiger partial charge in [0, 0.05) is 37.5 Å². The third-order valence-corrected chi connectivity index (χ3v) is 5.93. The molecule has 28 heavy (non-hydrogen) atoms. The van der Waals surface area contributed by atoms with Crippen LogP contribution in [0.15, 0.2) is 18.2 Å². The van der Waals surface area contributed by atoms with E-state index in [1.807, 2.05) is 0 Å². The van der Waals surface area contributed by atoms with E-state index in [2.05, 4.69) is 0 Å². The summed E-state index contributed by atoms with van der Waals surface area (Å²) in [6.45, 7) is 2.36. The molecule has 1 amide bonds. The molecule has 3 aliphatic rings. The van der Waals surface area contributed by atoms with Gasteiger partial charge in [0.15, 0.2) is 18.1 Å². The van der Waals surface area contributed by atoms with Crippen molar-refractivity contribution in [3.05, 3.63) is 18.2 Å². The summed E-state index contributed by atoms with van der Waals surface area (Å²) in [5.74, 6) is 1.82. The Morgan fingerprint density at radius 3 is 2.75 bits per heavy atom. The highest BCUT2D eigenvalue weighted by Gasteiger charge is 2.56. The van der Waals surface area contributed by atoms with Crippen LogP contribution in [0.4, 0.5) is 0 Å². The molecule has 1 saturated heterocycles. The maximum atomic E-state index is 12.5. The molecule has 3 N–H and O–H groups in total. The molecule has 2 aliphatic heterocycles. The van der Waals surface area contributed by atoms with Crippen LogP contribution in [0, 0.1) is 5.41 Å². The predicted octanol–water partition coefficient (Wildman–Crippen LogP) is 0.933. The molecule has 156 valence electrons. The molecule has 2 fully saturated rings. The van der Waals surface area contributed by atoms with Crippen LogP contribution in [-0.2, 0) is 9.53 Å². The number of piperidine rings is 1. The minimum atomic E-state index is -0.359. The van der Waals surface area contributed by atoms with Crippen molar-refractivity contribution in [2.75, 3.05) is 39.6 Å². The van der Waals surface area contributed by atoms with E-state index in [4.69, 9.17) is 24.7 Å². The molecule has 0 radical (unpaired) electrons. The highest BCUT2D eigenvalue weighted by Crippen LogP contribution is 2.50. The second kappa shape index (κ2) is 8.73. The number of nitrogens with two attached hydrogens (primary N) is 1. The van der Waals surface area contributed by atoms with Crippen LogP contribution in [-0.4, -0.2) is 67.8 Å². The number of hydrogen-bond acceptors (Lipinski definition) is 7. The van der Waals surface area contributed by atoms with Gasteiger partial charge in [-0.2, -0.15) is 0 Å². The molecule has 1 saturated carbocycles. The predicted molar refractivity (Wildman–Crippen MR) is 103 cm³/mol. The standard InChI is InChI=1S/C19H26N2O6.ClH/c20-5-8-24-17-10-16(22)19(17)3-6-21(7-4-19)18(23)11-25-13-1-2-14-15(9-13)27-12-26-14;/h1-2,9,16-17,22H,3-8,10-12,20H2;1H/t16-,17+;/m1./s1. The maximum absolute atomic E-state index is 12.5. The Hall–Kier alpha value is -1.74. The number of amides is 1. The summed E-state index contributed by atoms with van der Waals surface area (Å²) in [5, 5.41) is 10.3. The third-order valence-electron chi connectivity index (χ3n) is 5.93. The van der Waals surface area contributed by atoms with Gasteiger partial charge in [0.2, 0.25) is 6.79 Å². The topological polar surface area (TPSA) is 103 Å². The highest BCUT2D eigenvalue weighted by atomic mass is 35.5. The average Bonchev–Trinajstić information content (AvgIpc) is 3.17. The molecule has 1 aromatic rings. The SMILES string of the molecule is Cl.NCCO[C@H]1C[C@@H](O)C12CCN(C(=O)COc1ccc3c(c1)OCO3)CC2. The summed E-state index contributed by atoms with van der Waals surface area (Å²) in [6, 6.07) is 5.26. The number of carbonyl (C=O) groups is 1. The number of aliphatic hydroxyl groups excluding tert-OH is 1. The molecule has 4 rings (SSSR count). The number of ether oxygens (including phenoxy) is 4. The van der Waals surface area contributed by atoms with E-state index in [0.717, 1.165) is 12.8 Å². The Kier molecular flexibility index (Phi) is 6.54. The fourth-order valence-electron chi connectivity index (χ4n) is 4.20. The molecular formula is C19H27ClN2O6. The molecule has 2 heterocycles. The van der Waals surface area contributed by atoms with Gasteiger partial charge in [-0.15, -0.1) is 12.4 Å². The van der Waals surface area contributed by atoms with Gasteiger partial charge >= 0.3 is 0 Å². The summed E-state index contributed by atoms with van der Waals surface area (Å²) in [5.41, 5.74) is 5.28. The van der Waals surface area contributed by atoms with Crippen LogP contribution in [0.2, 0.25) is 0 Å². The van der Waals surface area contributed by atoms with Crippen molar-refractivity contribution in [1.82, 2.24) is 4.90 Å². The number of aliphatic hydroxyl groups is 1. The van der Waals surface area contributed by atoms with Gasteiger partial charge in [0.05, 0.1) is 18.8 Å². The van der Waals surface area contributed by atoms with Crippen LogP contribution >= 0.6 is 12.4 Å². The van der Waals surface area contributed by atoms with Crippen LogP contribution in [0.1, 0.15) is 19.3 Å². The summed E-state index contributed by atoms with van der Waals surface area (Å²) >= 11 is 0. The van der Waals surface area contributed by atoms with E-state index >= 15 is 0 Å². The molecular weight excluding hydrogens is 388 g/mol. The first kappa shape index (κ1) is 21.0. The molecule has 2 atom stereocenters. The van der Waals surface area contributed by atoms with E-state index in [1.54, 1.807) is 23.1 Å². The second-order valence-electron chi connectivity index (χ2n) is 7.32. The molecule has 9 heteroatoms. The zero-order valence-electron chi connectivity index (χ0n) is 15.7. The normalized spacial score (nSPS) is 24.4. The fourth-order valence-corrected chi connectivity index (χ4v) is 4.20. The largest absolute Gasteiger partial charge is 0.484 e. The summed E-state index contributed by atoms with van der Waals surface area (Å²) in [4.78, 5) is 14.3. The molecule has 1 spiro atoms. The van der Waals surface area contributed by atoms with Crippen molar-refractivity contribution >= 4 is 18.3 Å². The van der Waals surface area contributed by atoms with Gasteiger partial charge in [-0.1, -0.05) is 0 Å². The number of nitrogens with zero attached hydrogens (tertiary/aromatic N) is 1. The average molecular weight is 415 g/mol. The van der Waals surface area contributed by atoms with Crippen molar-refractivity contribution < 1.29 is 28.8 Å². The smallest absolute Gasteiger partial charge is 0.260 e. The van der Waals surface area contributed by atoms with Crippen molar-refractivity contribution in [2.24, 2.45) is 11.1 Å². The first-order valence-electron chi connectivity index (χ1n) is 9.42. The minimum absolute atomic E-state index is 0. The van der Waals surface area contributed by atoms with Crippen LogP contribution in [0.5, 0.6) is 17.2 Å². The lowest BCUT2D eigenvalue weighted by molar-refractivity contribution is -0.210. The van der Waals surface area contributed by atoms with Crippen molar-refractivity contribution in [3.63, 3.8) is 0 Å². The molecule has 0 aromatic heterocycles. The molecule has 1 aliphatic carbocycles. The van der Waals surface area contributed by atoms with Crippen molar-refractivity contribution in [3.8, 4) is 17.2 Å². The lowest BCUT2D eigenvalue weighted by Gasteiger charge is -2.56. The van der Waals surface area contributed by atoms with Gasteiger partial charge in [0.1, 0.15) is 5.75 Å². The van der Waals surface area contributed by atoms with Crippen LogP contribution in [0.3, 0.4) is 0 Å². The number of fused-ring (bicyclic) bond motifs is 1. The van der Waals surface area contributed by atoms with Crippen molar-refractivity contribution in [1.29, 1.82) is 0 Å². The number of likely N-dealkylation sites (tertiary alicyclic amines) is 1. The first-order chi connectivity index (χ1) is 13.1. The number of carbonyl (C=O) groups excluding carboxylic acids is 1. The molecule has 0 unspecified atom stereocenters. The van der Waals surface area contributed by atoms with E-state index in [9.17, 15) is 9.90 Å². The van der Waals surface area contributed by atoms with Crippen LogP contribution < -0.4 is 19.9 Å². The quantitative estimate of drug-likeness (QED) is 0.713. The van der Waals surface area contributed by atoms with E-state index in [-0.39, 0.29) is 49.3 Å². The zero-order chi connectivity index (χ0) is 18.9. The van der Waals surface area contributed by atoms with Gasteiger partial charge in [0.25, 0.3) is 5.91 Å². The van der Waals surface area contributed by atoms with Gasteiger partial charge in [-0.05, 0) is 25.0 Å². The number of hydrogen-bond donors (Lipinski definition) is 2. The Morgan fingerprint density at radius 1 is 1.29 bits per heavy atom. The fraction of sp³-hybridized carbons (Fsp3) is 0.632. The third kappa shape index (κ3) is 3.87. The Bertz CT molecular complexity index is 695. The summed E-state index contributed by atoms with van der Waals surface area (Å²) in [7, 11) is 0. The van der Waals surface area contributed by atoms with Gasteiger partial charge in [-0.3, -0.25) is 4.79 Å². The zero-order valence-corrected chi connectivity index (χ0v) is 16.5. The summed E-state index contributed by atoms with van der Waals surface area (Å²) in [6.07, 6.45) is 1.81. The monoisotopic (exact) mass is 414 g/mol. The molecule has 1 aromatic carbocycles. The van der Waals surface area contributed by atoms with Crippen LogP contribution in [0.25, 0.3) is 0 Å². The van der Waals surface area contributed by atoms with Gasteiger partial charge in [-0.25, -0.2) is 0 Å². The number of halogens is 1. The number of benzene rings is 1. The first-order valence-corrected chi connectivity index (χ1v) is 9.42. The molecule has 8 nitrogen and oxygen atoms in total. The lowest BCUT2D eigenvalue weighted by Crippen LogP contribution is -2.63. The van der Waals surface area contributed by atoms with Crippen molar-refractivity contribution in [2.45, 2.75) is 31.5 Å². The van der Waals surface area contributed by atoms with E-state index in [0.29, 0.717) is 49.9 Å². The number of rotatable bonds is 6. The Balaban J connectivity index is 0.00000225. The maximum Gasteiger partial charge on any atom is 0.260 e. The van der Waals surface area contributed by atoms with E-state index in [1.165, 1.54) is 0 Å².